The molecule has 0 N–H and O–H groups in total. The molecule has 0 aromatic rings. The fourth-order valence-electron chi connectivity index (χ4n) is 0. The number of halogens is 1. The zero-order valence-corrected chi connectivity index (χ0v) is 6.89. The first kappa shape index (κ1) is 9.17. The molecule has 0 unspecified atom stereocenters. The molecule has 0 radical (unpaired) electrons. The van der Waals surface area contributed by atoms with E-state index in [0.717, 1.165) is 0 Å². The van der Waals surface area contributed by atoms with Gasteiger partial charge < -0.3 is 0 Å². The van der Waals surface area contributed by atoms with Crippen LogP contribution in [0, 0.1) is 0 Å². The van der Waals surface area contributed by atoms with Crippen molar-refractivity contribution in [3.8, 4) is 0 Å². The molecule has 0 saturated heterocycles. The van der Waals surface area contributed by atoms with E-state index in [4.69, 9.17) is 0 Å². The molecule has 0 aromatic heterocycles. The summed E-state index contributed by atoms with van der Waals surface area (Å²) in [5.41, 5.74) is 0. The van der Waals surface area contributed by atoms with E-state index in [-0.39, 0.29) is 12.4 Å². The summed E-state index contributed by atoms with van der Waals surface area (Å²) in [4.78, 5) is 0. The van der Waals surface area contributed by atoms with E-state index < -0.39 is 0 Å². The van der Waals surface area contributed by atoms with Crippen molar-refractivity contribution in [2.75, 3.05) is 0 Å². The van der Waals surface area contributed by atoms with Crippen LogP contribution < -0.4 is 0 Å². The van der Waals surface area contributed by atoms with Gasteiger partial charge in [-0.25, -0.2) is 0 Å². The van der Waals surface area contributed by atoms with Crippen LogP contribution in [0.25, 0.3) is 0 Å². The summed E-state index contributed by atoms with van der Waals surface area (Å²) in [6, 6.07) is 0. The van der Waals surface area contributed by atoms with E-state index in [0.29, 0.717) is 0 Å². The van der Waals surface area contributed by atoms with Gasteiger partial charge in [-0.05, 0) is 0 Å². The molecule has 0 atom stereocenters. The Morgan fingerprint density at radius 3 is 2.00 bits per heavy atom. The predicted molar refractivity (Wildman–Crippen MR) is 22.3 cm³/mol. The van der Waals surface area contributed by atoms with Gasteiger partial charge in [0, 0.05) is 0 Å². The zero-order chi connectivity index (χ0) is 3.41. The van der Waals surface area contributed by atoms with Gasteiger partial charge in [0.15, 0.2) is 0 Å². The van der Waals surface area contributed by atoms with Crippen LogP contribution in [-0.4, -0.2) is 0 Å². The number of hydrogen-bond acceptors (Lipinski definition) is 0. The average molecular weight is 143 g/mol. The maximum Gasteiger partial charge on any atom is -0.147 e. The minimum absolute atomic E-state index is 0. The maximum absolute atomic E-state index is 3.51. The van der Waals surface area contributed by atoms with Crippen LogP contribution in [0.15, 0.2) is 12.7 Å². The van der Waals surface area contributed by atoms with Crippen molar-refractivity contribution in [1.82, 2.24) is 0 Å². The maximum atomic E-state index is 3.51. The third-order valence-electron chi connectivity index (χ3n) is 0.204. The molecule has 27 valence electrons. The Hall–Kier alpha value is 0.653. The van der Waals surface area contributed by atoms with E-state index in [1.807, 2.05) is 6.08 Å². The van der Waals surface area contributed by atoms with Crippen molar-refractivity contribution in [3.63, 3.8) is 0 Å². The minimum Gasteiger partial charge on any atom is -0.147 e. The summed E-state index contributed by atoms with van der Waals surface area (Å²) in [5.74, 6) is 0. The standard InChI is InChI=1S/C3H5.ClH.Zn/c1-3-2;;/h3H,1-2H2;1H;. The molecule has 0 bridgehead atoms. The van der Waals surface area contributed by atoms with Crippen molar-refractivity contribution in [2.24, 2.45) is 0 Å². The first-order chi connectivity index (χ1) is 1.91. The molecule has 0 aliphatic rings. The van der Waals surface area contributed by atoms with Crippen LogP contribution in [0.3, 0.4) is 0 Å². The Balaban J connectivity index is 0. The Bertz CT molecular complexity index is 20.9. The monoisotopic (exact) mass is 141 g/mol. The van der Waals surface area contributed by atoms with Gasteiger partial charge in [-0.1, -0.05) is 0 Å². The van der Waals surface area contributed by atoms with Gasteiger partial charge >= 0.3 is 36.0 Å². The molecule has 0 spiro atoms. The van der Waals surface area contributed by atoms with Crippen LogP contribution in [0.2, 0.25) is 5.02 Å². The normalized spacial score (nSPS) is 5.20. The van der Waals surface area contributed by atoms with E-state index in [1.165, 1.54) is 23.3 Å². The molecule has 0 amide bonds. The smallest absolute Gasteiger partial charge is 0.147 e. The topological polar surface area (TPSA) is 0 Å². The largest absolute Gasteiger partial charge is 0.147 e. The quantitative estimate of drug-likeness (QED) is 0.386. The van der Waals surface area contributed by atoms with Gasteiger partial charge in [-0.15, -0.1) is 12.4 Å². The Morgan fingerprint density at radius 1 is 1.80 bits per heavy atom. The molecular formula is C3H6ClZn. The second-order valence-corrected chi connectivity index (χ2v) is 1.79. The van der Waals surface area contributed by atoms with Crippen molar-refractivity contribution < 1.29 is 18.3 Å². The van der Waals surface area contributed by atoms with Crippen molar-refractivity contribution in [3.05, 3.63) is 12.7 Å². The molecule has 0 aromatic carbocycles. The van der Waals surface area contributed by atoms with Crippen molar-refractivity contribution >= 4 is 12.4 Å². The molecule has 0 fully saturated rings. The molecular weight excluding hydrogens is 137 g/mol. The molecule has 0 nitrogen and oxygen atoms in total. The fraction of sp³-hybridized carbons (Fsp3) is 0.333. The van der Waals surface area contributed by atoms with Gasteiger partial charge in [-0.2, -0.15) is 0 Å². The van der Waals surface area contributed by atoms with Crippen LogP contribution in [-0.2, 0) is 18.3 Å². The summed E-state index contributed by atoms with van der Waals surface area (Å²) in [7, 11) is 0. The summed E-state index contributed by atoms with van der Waals surface area (Å²) in [6.45, 7) is 3.51. The van der Waals surface area contributed by atoms with Crippen LogP contribution in [0.5, 0.6) is 0 Å². The van der Waals surface area contributed by atoms with E-state index in [9.17, 15) is 0 Å². The Morgan fingerprint density at radius 2 is 2.00 bits per heavy atom. The molecule has 5 heavy (non-hydrogen) atoms. The van der Waals surface area contributed by atoms with Crippen molar-refractivity contribution in [1.29, 1.82) is 0 Å². The van der Waals surface area contributed by atoms with Crippen LogP contribution in [0.4, 0.5) is 0 Å². The molecule has 0 rings (SSSR count). The van der Waals surface area contributed by atoms with Gasteiger partial charge in [0.25, 0.3) is 0 Å². The van der Waals surface area contributed by atoms with Gasteiger partial charge in [-0.3, -0.25) is 0 Å². The summed E-state index contributed by atoms with van der Waals surface area (Å²) in [5, 5.41) is 1.21. The second kappa shape index (κ2) is 8.82. The Labute approximate surface area is 48.7 Å². The van der Waals surface area contributed by atoms with E-state index in [2.05, 4.69) is 6.58 Å². The molecule has 0 aliphatic carbocycles. The van der Waals surface area contributed by atoms with Crippen LogP contribution >= 0.6 is 12.4 Å². The van der Waals surface area contributed by atoms with Crippen LogP contribution in [0.1, 0.15) is 0 Å². The Kier molecular flexibility index (Phi) is 16.2. The van der Waals surface area contributed by atoms with Crippen molar-refractivity contribution in [2.45, 2.75) is 5.02 Å². The summed E-state index contributed by atoms with van der Waals surface area (Å²) < 4.78 is 0. The molecule has 0 aliphatic heterocycles. The van der Waals surface area contributed by atoms with Gasteiger partial charge in [0.1, 0.15) is 0 Å². The fourth-order valence-corrected chi connectivity index (χ4v) is 0. The SMILES string of the molecule is C=C[CH2][Zn].Cl. The van der Waals surface area contributed by atoms with E-state index >= 15 is 0 Å². The first-order valence-electron chi connectivity index (χ1n) is 1.32. The number of allylic oxidation sites excluding steroid dienone is 1. The number of rotatable bonds is 1. The third-order valence-corrected chi connectivity index (χ3v) is 1.06. The van der Waals surface area contributed by atoms with Gasteiger partial charge in [0.2, 0.25) is 0 Å². The summed E-state index contributed by atoms with van der Waals surface area (Å²) in [6.07, 6.45) is 1.93. The molecule has 2 heteroatoms. The minimum atomic E-state index is 0. The first-order valence-corrected chi connectivity index (χ1v) is 3.41. The second-order valence-electron chi connectivity index (χ2n) is 0.577. The zero-order valence-electron chi connectivity index (χ0n) is 3.11. The molecule has 0 heterocycles. The van der Waals surface area contributed by atoms with E-state index in [1.54, 1.807) is 0 Å². The third kappa shape index (κ3) is 12.0. The predicted octanol–water partition coefficient (Wildman–Crippen LogP) is 1.56. The average Bonchev–Trinajstić information content (AvgIpc) is 1.37. The van der Waals surface area contributed by atoms with Gasteiger partial charge in [0.05, 0.1) is 0 Å². The molecule has 0 saturated carbocycles. The number of hydrogen-bond donors (Lipinski definition) is 0. The summed E-state index contributed by atoms with van der Waals surface area (Å²) >= 11 is 1.35.